The Kier molecular flexibility index (Phi) is 5.57. The molecule has 1 heterocycles. The van der Waals surface area contributed by atoms with Gasteiger partial charge >= 0.3 is 5.69 Å². The van der Waals surface area contributed by atoms with Crippen molar-refractivity contribution in [3.05, 3.63) is 34.2 Å². The first-order valence-electron chi connectivity index (χ1n) is 7.37. The zero-order valence-corrected chi connectivity index (χ0v) is 12.3. The van der Waals surface area contributed by atoms with Crippen molar-refractivity contribution in [1.82, 2.24) is 20.6 Å². The fourth-order valence-corrected chi connectivity index (χ4v) is 2.24. The van der Waals surface area contributed by atoms with Crippen LogP contribution in [0, 0.1) is 0 Å². The Hall–Kier alpha value is -2.08. The first kappa shape index (κ1) is 15.3. The summed E-state index contributed by atoms with van der Waals surface area (Å²) in [6.45, 7) is 4.43. The number of nitrogens with one attached hydrogen (secondary N) is 4. The molecule has 0 saturated carbocycles. The molecule has 0 saturated heterocycles. The largest absolute Gasteiger partial charge is 0.355 e. The van der Waals surface area contributed by atoms with E-state index in [0.29, 0.717) is 13.0 Å². The SMILES string of the molecule is CCNCCNC(=O)CCCc1ccc2[nH]c(=O)[nH]c2c1. The van der Waals surface area contributed by atoms with Crippen LogP contribution in [0.3, 0.4) is 0 Å². The highest BCUT2D eigenvalue weighted by Crippen LogP contribution is 2.12. The molecule has 0 aliphatic carbocycles. The molecule has 0 aliphatic heterocycles. The van der Waals surface area contributed by atoms with Gasteiger partial charge in [-0.15, -0.1) is 0 Å². The van der Waals surface area contributed by atoms with Crippen molar-refractivity contribution in [2.45, 2.75) is 26.2 Å². The lowest BCUT2D eigenvalue weighted by atomic mass is 10.1. The van der Waals surface area contributed by atoms with Crippen molar-refractivity contribution < 1.29 is 4.79 Å². The van der Waals surface area contributed by atoms with Gasteiger partial charge in [-0.1, -0.05) is 13.0 Å². The maximum absolute atomic E-state index is 11.6. The molecule has 0 radical (unpaired) electrons. The predicted octanol–water partition coefficient (Wildman–Crippen LogP) is 0.905. The Morgan fingerprint density at radius 2 is 2.00 bits per heavy atom. The molecular formula is C15H22N4O2. The summed E-state index contributed by atoms with van der Waals surface area (Å²) in [6.07, 6.45) is 2.14. The molecule has 1 aromatic carbocycles. The van der Waals surface area contributed by atoms with Crippen LogP contribution in [0.1, 0.15) is 25.3 Å². The maximum atomic E-state index is 11.6. The van der Waals surface area contributed by atoms with Gasteiger partial charge in [-0.25, -0.2) is 4.79 Å². The number of H-pyrrole nitrogens is 2. The summed E-state index contributed by atoms with van der Waals surface area (Å²) in [7, 11) is 0. The first-order valence-corrected chi connectivity index (χ1v) is 7.37. The molecule has 114 valence electrons. The van der Waals surface area contributed by atoms with Crippen LogP contribution in [0.4, 0.5) is 0 Å². The number of carbonyl (C=O) groups is 1. The second-order valence-electron chi connectivity index (χ2n) is 5.02. The fraction of sp³-hybridized carbons (Fsp3) is 0.467. The zero-order chi connectivity index (χ0) is 15.1. The molecule has 0 atom stereocenters. The van der Waals surface area contributed by atoms with Crippen LogP contribution in [0.2, 0.25) is 0 Å². The Morgan fingerprint density at radius 1 is 1.19 bits per heavy atom. The second kappa shape index (κ2) is 7.64. The molecule has 2 aromatic rings. The number of hydrogen-bond acceptors (Lipinski definition) is 3. The Morgan fingerprint density at radius 3 is 2.81 bits per heavy atom. The van der Waals surface area contributed by atoms with Crippen LogP contribution in [0.5, 0.6) is 0 Å². The lowest BCUT2D eigenvalue weighted by Gasteiger charge is -2.05. The molecule has 4 N–H and O–H groups in total. The Labute approximate surface area is 123 Å². The molecule has 0 spiro atoms. The van der Waals surface area contributed by atoms with Crippen molar-refractivity contribution >= 4 is 16.9 Å². The van der Waals surface area contributed by atoms with Crippen LogP contribution in [0.25, 0.3) is 11.0 Å². The topological polar surface area (TPSA) is 89.8 Å². The number of aromatic nitrogens is 2. The van der Waals surface area contributed by atoms with Crippen LogP contribution >= 0.6 is 0 Å². The monoisotopic (exact) mass is 290 g/mol. The normalized spacial score (nSPS) is 10.9. The first-order chi connectivity index (χ1) is 10.2. The average Bonchev–Trinajstić information content (AvgIpc) is 2.83. The summed E-state index contributed by atoms with van der Waals surface area (Å²) >= 11 is 0. The third kappa shape index (κ3) is 4.75. The van der Waals surface area contributed by atoms with Crippen molar-refractivity contribution in [1.29, 1.82) is 0 Å². The molecule has 1 amide bonds. The van der Waals surface area contributed by atoms with E-state index in [2.05, 4.69) is 20.6 Å². The molecule has 6 nitrogen and oxygen atoms in total. The van der Waals surface area contributed by atoms with Gasteiger partial charge in [0.2, 0.25) is 5.91 Å². The Bertz CT molecular complexity index is 644. The maximum Gasteiger partial charge on any atom is 0.323 e. The van der Waals surface area contributed by atoms with Gasteiger partial charge in [-0.2, -0.15) is 0 Å². The van der Waals surface area contributed by atoms with Gasteiger partial charge < -0.3 is 20.6 Å². The van der Waals surface area contributed by atoms with Gasteiger partial charge in [-0.05, 0) is 37.1 Å². The number of carbonyl (C=O) groups excluding carboxylic acids is 1. The highest BCUT2D eigenvalue weighted by molar-refractivity contribution is 5.76. The number of benzene rings is 1. The fourth-order valence-electron chi connectivity index (χ4n) is 2.24. The summed E-state index contributed by atoms with van der Waals surface area (Å²) in [5.74, 6) is 0.0871. The van der Waals surface area contributed by atoms with Gasteiger partial charge in [0.15, 0.2) is 0 Å². The number of amides is 1. The predicted molar refractivity (Wildman–Crippen MR) is 83.4 cm³/mol. The molecular weight excluding hydrogens is 268 g/mol. The van der Waals surface area contributed by atoms with E-state index < -0.39 is 0 Å². The van der Waals surface area contributed by atoms with Gasteiger partial charge in [0.05, 0.1) is 11.0 Å². The number of hydrogen-bond donors (Lipinski definition) is 4. The molecule has 0 aliphatic rings. The summed E-state index contributed by atoms with van der Waals surface area (Å²) in [6, 6.07) is 5.82. The van der Waals surface area contributed by atoms with Crippen LogP contribution in [-0.4, -0.2) is 35.5 Å². The highest BCUT2D eigenvalue weighted by atomic mass is 16.1. The van der Waals surface area contributed by atoms with Gasteiger partial charge in [0, 0.05) is 19.5 Å². The van der Waals surface area contributed by atoms with Gasteiger partial charge in [-0.3, -0.25) is 4.79 Å². The molecule has 6 heteroatoms. The standard InChI is InChI=1S/C15H22N4O2/c1-2-16-8-9-17-14(20)5-3-4-11-6-7-12-13(10-11)19-15(21)18-12/h6-7,10,16H,2-5,8-9H2,1H3,(H,17,20)(H2,18,19,21). The smallest absolute Gasteiger partial charge is 0.323 e. The van der Waals surface area contributed by atoms with Gasteiger partial charge in [0.25, 0.3) is 0 Å². The van der Waals surface area contributed by atoms with Crippen LogP contribution < -0.4 is 16.3 Å². The third-order valence-electron chi connectivity index (χ3n) is 3.32. The second-order valence-corrected chi connectivity index (χ2v) is 5.02. The molecule has 0 bridgehead atoms. The highest BCUT2D eigenvalue weighted by Gasteiger charge is 2.03. The summed E-state index contributed by atoms with van der Waals surface area (Å²) < 4.78 is 0. The lowest BCUT2D eigenvalue weighted by Crippen LogP contribution is -2.31. The molecule has 1 aromatic heterocycles. The minimum Gasteiger partial charge on any atom is -0.355 e. The van der Waals surface area contributed by atoms with E-state index in [1.165, 1.54) is 0 Å². The van der Waals surface area contributed by atoms with E-state index in [0.717, 1.165) is 42.5 Å². The number of aryl methyl sites for hydroxylation is 1. The van der Waals surface area contributed by atoms with E-state index in [1.807, 2.05) is 25.1 Å². The van der Waals surface area contributed by atoms with Crippen molar-refractivity contribution in [3.63, 3.8) is 0 Å². The minimum atomic E-state index is -0.192. The number of imidazole rings is 1. The van der Waals surface area contributed by atoms with E-state index >= 15 is 0 Å². The zero-order valence-electron chi connectivity index (χ0n) is 12.3. The average molecular weight is 290 g/mol. The van der Waals surface area contributed by atoms with Crippen molar-refractivity contribution in [2.75, 3.05) is 19.6 Å². The van der Waals surface area contributed by atoms with E-state index in [-0.39, 0.29) is 11.6 Å². The molecule has 21 heavy (non-hydrogen) atoms. The lowest BCUT2D eigenvalue weighted by molar-refractivity contribution is -0.121. The molecule has 0 unspecified atom stereocenters. The third-order valence-corrected chi connectivity index (χ3v) is 3.32. The molecule has 0 fully saturated rings. The summed E-state index contributed by atoms with van der Waals surface area (Å²) in [4.78, 5) is 28.3. The quantitative estimate of drug-likeness (QED) is 0.545. The summed E-state index contributed by atoms with van der Waals surface area (Å²) in [5, 5.41) is 6.04. The van der Waals surface area contributed by atoms with Crippen LogP contribution in [0.15, 0.2) is 23.0 Å². The Balaban J connectivity index is 1.74. The van der Waals surface area contributed by atoms with Crippen LogP contribution in [-0.2, 0) is 11.2 Å². The summed E-state index contributed by atoms with van der Waals surface area (Å²) in [5.41, 5.74) is 2.55. The number of aromatic amines is 2. The number of likely N-dealkylation sites (N-methyl/N-ethyl adjacent to an activating group) is 1. The van der Waals surface area contributed by atoms with Crippen molar-refractivity contribution in [3.8, 4) is 0 Å². The van der Waals surface area contributed by atoms with E-state index in [4.69, 9.17) is 0 Å². The van der Waals surface area contributed by atoms with Crippen molar-refractivity contribution in [2.24, 2.45) is 0 Å². The van der Waals surface area contributed by atoms with E-state index in [1.54, 1.807) is 0 Å². The minimum absolute atomic E-state index is 0.0871. The van der Waals surface area contributed by atoms with Gasteiger partial charge in [0.1, 0.15) is 0 Å². The van der Waals surface area contributed by atoms with E-state index in [9.17, 15) is 9.59 Å². The number of fused-ring (bicyclic) bond motifs is 1. The molecule has 2 rings (SSSR count). The number of rotatable bonds is 8.